The van der Waals surface area contributed by atoms with Crippen molar-refractivity contribution in [2.24, 2.45) is 0 Å². The van der Waals surface area contributed by atoms with Crippen LogP contribution >= 0.6 is 11.3 Å². The Morgan fingerprint density at radius 3 is 3.04 bits per heavy atom. The molecule has 0 unspecified atom stereocenters. The van der Waals surface area contributed by atoms with E-state index >= 15 is 0 Å². The highest BCUT2D eigenvalue weighted by molar-refractivity contribution is 7.10. The zero-order valence-electron chi connectivity index (χ0n) is 13.0. The molecule has 7 heteroatoms. The van der Waals surface area contributed by atoms with Crippen LogP contribution in [0.2, 0.25) is 0 Å². The van der Waals surface area contributed by atoms with Gasteiger partial charge in [0, 0.05) is 10.4 Å². The third kappa shape index (κ3) is 2.74. The van der Waals surface area contributed by atoms with E-state index in [-0.39, 0.29) is 12.7 Å². The number of aromatic nitrogens is 2. The summed E-state index contributed by atoms with van der Waals surface area (Å²) in [6.07, 6.45) is 0.350. The number of rotatable bonds is 4. The molecule has 4 rings (SSSR count). The highest BCUT2D eigenvalue weighted by atomic mass is 32.1. The Morgan fingerprint density at radius 2 is 2.21 bits per heavy atom. The van der Waals surface area contributed by atoms with Gasteiger partial charge in [0.05, 0.1) is 17.8 Å². The minimum Gasteiger partial charge on any atom is -0.454 e. The summed E-state index contributed by atoms with van der Waals surface area (Å²) in [6.45, 7) is 2.10. The van der Waals surface area contributed by atoms with Gasteiger partial charge in [-0.1, -0.05) is 6.07 Å². The van der Waals surface area contributed by atoms with Gasteiger partial charge in [-0.25, -0.2) is 0 Å². The number of carbonyl (C=O) groups is 1. The first-order valence-corrected chi connectivity index (χ1v) is 8.36. The Bertz CT molecular complexity index is 887. The summed E-state index contributed by atoms with van der Waals surface area (Å²) in [5.41, 5.74) is 3.04. The van der Waals surface area contributed by atoms with Gasteiger partial charge in [0.15, 0.2) is 11.5 Å². The van der Waals surface area contributed by atoms with Gasteiger partial charge < -0.3 is 14.8 Å². The van der Waals surface area contributed by atoms with E-state index in [1.807, 2.05) is 42.6 Å². The topological polar surface area (TPSA) is 76.2 Å². The van der Waals surface area contributed by atoms with Crippen molar-refractivity contribution in [3.8, 4) is 22.8 Å². The maximum atomic E-state index is 12.3. The minimum absolute atomic E-state index is 0.0658. The Morgan fingerprint density at radius 1 is 1.33 bits per heavy atom. The number of nitrogens with zero attached hydrogens (tertiary/aromatic N) is 1. The number of thiophene rings is 1. The van der Waals surface area contributed by atoms with Crippen molar-refractivity contribution in [3.63, 3.8) is 0 Å². The Balaban J connectivity index is 1.60. The fourth-order valence-corrected chi connectivity index (χ4v) is 3.29. The van der Waals surface area contributed by atoms with E-state index in [9.17, 15) is 4.79 Å². The first kappa shape index (κ1) is 14.8. The maximum absolute atomic E-state index is 12.3. The lowest BCUT2D eigenvalue weighted by atomic mass is 10.1. The number of carbonyl (C=O) groups excluding carboxylic acids is 1. The third-order valence-corrected chi connectivity index (χ3v) is 4.65. The van der Waals surface area contributed by atoms with Crippen LogP contribution in [0.5, 0.6) is 11.5 Å². The van der Waals surface area contributed by atoms with E-state index in [4.69, 9.17) is 9.47 Å². The van der Waals surface area contributed by atoms with E-state index in [0.717, 1.165) is 16.1 Å². The summed E-state index contributed by atoms with van der Waals surface area (Å²) in [5, 5.41) is 12.2. The molecule has 0 aliphatic carbocycles. The Hall–Kier alpha value is -2.80. The second-order valence-electron chi connectivity index (χ2n) is 5.44. The fourth-order valence-electron chi connectivity index (χ4n) is 2.59. The van der Waals surface area contributed by atoms with Crippen LogP contribution in [0.1, 0.15) is 10.6 Å². The molecule has 1 aliphatic rings. The van der Waals surface area contributed by atoms with E-state index in [0.29, 0.717) is 29.3 Å². The summed E-state index contributed by atoms with van der Waals surface area (Å²) in [6, 6.07) is 9.50. The molecule has 1 aliphatic heterocycles. The minimum atomic E-state index is -0.0658. The van der Waals surface area contributed by atoms with Gasteiger partial charge >= 0.3 is 0 Å². The molecule has 2 N–H and O–H groups in total. The molecule has 0 radical (unpaired) electrons. The van der Waals surface area contributed by atoms with Gasteiger partial charge in [-0.2, -0.15) is 5.10 Å². The SMILES string of the molecule is Cc1[nH]nc(-c2ccc3c(c2)OCO3)c1NC(=O)Cc1cccs1. The maximum Gasteiger partial charge on any atom is 0.231 e. The van der Waals surface area contributed by atoms with Crippen LogP contribution in [0.4, 0.5) is 5.69 Å². The monoisotopic (exact) mass is 341 g/mol. The first-order valence-electron chi connectivity index (χ1n) is 7.48. The Kier molecular flexibility index (Phi) is 3.70. The molecule has 24 heavy (non-hydrogen) atoms. The second kappa shape index (κ2) is 6.01. The standard InChI is InChI=1S/C17H15N3O3S/c1-10-16(18-15(21)8-12-3-2-6-24-12)17(20-19-10)11-4-5-13-14(7-11)23-9-22-13/h2-7H,8-9H2,1H3,(H,18,21)(H,19,20). The van der Waals surface area contributed by atoms with Crippen LogP contribution in [0.3, 0.4) is 0 Å². The van der Waals surface area contributed by atoms with Gasteiger partial charge in [0.25, 0.3) is 0 Å². The number of benzene rings is 1. The zero-order valence-corrected chi connectivity index (χ0v) is 13.8. The summed E-state index contributed by atoms with van der Waals surface area (Å²) in [4.78, 5) is 13.3. The van der Waals surface area contributed by atoms with Crippen LogP contribution in [-0.4, -0.2) is 22.9 Å². The summed E-state index contributed by atoms with van der Waals surface area (Å²) < 4.78 is 10.7. The van der Waals surface area contributed by atoms with Crippen molar-refractivity contribution in [2.45, 2.75) is 13.3 Å². The van der Waals surface area contributed by atoms with Crippen LogP contribution in [0.15, 0.2) is 35.7 Å². The molecule has 0 bridgehead atoms. The predicted molar refractivity (Wildman–Crippen MR) is 91.5 cm³/mol. The molecule has 122 valence electrons. The molecule has 1 aromatic carbocycles. The lowest BCUT2D eigenvalue weighted by Gasteiger charge is -2.07. The Labute approximate surface area is 142 Å². The number of fused-ring (bicyclic) bond motifs is 1. The molecule has 0 atom stereocenters. The average Bonchev–Trinajstić information content (AvgIpc) is 3.29. The van der Waals surface area contributed by atoms with E-state index in [2.05, 4.69) is 15.5 Å². The van der Waals surface area contributed by atoms with Gasteiger partial charge in [0.2, 0.25) is 12.7 Å². The van der Waals surface area contributed by atoms with Crippen molar-refractivity contribution in [1.82, 2.24) is 10.2 Å². The summed E-state index contributed by atoms with van der Waals surface area (Å²) in [7, 11) is 0. The number of ether oxygens (including phenoxy) is 2. The molecule has 3 aromatic rings. The molecule has 2 aromatic heterocycles. The largest absolute Gasteiger partial charge is 0.454 e. The highest BCUT2D eigenvalue weighted by Gasteiger charge is 2.19. The van der Waals surface area contributed by atoms with Crippen LogP contribution in [0, 0.1) is 6.92 Å². The van der Waals surface area contributed by atoms with Gasteiger partial charge in [-0.05, 0) is 36.6 Å². The van der Waals surface area contributed by atoms with Crippen molar-refractivity contribution in [1.29, 1.82) is 0 Å². The van der Waals surface area contributed by atoms with E-state index in [1.54, 1.807) is 11.3 Å². The number of nitrogens with one attached hydrogen (secondary N) is 2. The molecular weight excluding hydrogens is 326 g/mol. The van der Waals surface area contributed by atoms with Crippen molar-refractivity contribution >= 4 is 22.9 Å². The second-order valence-corrected chi connectivity index (χ2v) is 6.48. The number of amides is 1. The average molecular weight is 341 g/mol. The zero-order chi connectivity index (χ0) is 16.5. The highest BCUT2D eigenvalue weighted by Crippen LogP contribution is 2.37. The molecule has 0 saturated carbocycles. The molecular formula is C17H15N3O3S. The van der Waals surface area contributed by atoms with Crippen LogP contribution in [-0.2, 0) is 11.2 Å². The van der Waals surface area contributed by atoms with Crippen molar-refractivity contribution in [2.75, 3.05) is 12.1 Å². The predicted octanol–water partition coefficient (Wildman–Crippen LogP) is 3.36. The van der Waals surface area contributed by atoms with E-state index < -0.39 is 0 Å². The molecule has 1 amide bonds. The third-order valence-electron chi connectivity index (χ3n) is 3.77. The molecule has 0 saturated heterocycles. The number of hydrogen-bond acceptors (Lipinski definition) is 5. The lowest BCUT2D eigenvalue weighted by molar-refractivity contribution is -0.115. The van der Waals surface area contributed by atoms with Crippen LogP contribution in [0.25, 0.3) is 11.3 Å². The normalized spacial score (nSPS) is 12.4. The smallest absolute Gasteiger partial charge is 0.231 e. The molecule has 3 heterocycles. The summed E-state index contributed by atoms with van der Waals surface area (Å²) in [5.74, 6) is 1.34. The first-order chi connectivity index (χ1) is 11.7. The number of H-pyrrole nitrogens is 1. The molecule has 0 spiro atoms. The number of anilines is 1. The van der Waals surface area contributed by atoms with Gasteiger partial charge in [0.1, 0.15) is 5.69 Å². The van der Waals surface area contributed by atoms with Gasteiger partial charge in [-0.3, -0.25) is 9.89 Å². The van der Waals surface area contributed by atoms with Crippen molar-refractivity contribution in [3.05, 3.63) is 46.3 Å². The van der Waals surface area contributed by atoms with E-state index in [1.165, 1.54) is 0 Å². The molecule has 0 fully saturated rings. The van der Waals surface area contributed by atoms with Crippen LogP contribution < -0.4 is 14.8 Å². The van der Waals surface area contributed by atoms with Gasteiger partial charge in [-0.15, -0.1) is 11.3 Å². The fraction of sp³-hybridized carbons (Fsp3) is 0.176. The molecule has 6 nitrogen and oxygen atoms in total. The van der Waals surface area contributed by atoms with Crippen molar-refractivity contribution < 1.29 is 14.3 Å². The number of aromatic amines is 1. The number of aryl methyl sites for hydroxylation is 1. The quantitative estimate of drug-likeness (QED) is 0.763. The summed E-state index contributed by atoms with van der Waals surface area (Å²) >= 11 is 1.57. The number of hydrogen-bond donors (Lipinski definition) is 2. The lowest BCUT2D eigenvalue weighted by Crippen LogP contribution is -2.14.